The van der Waals surface area contributed by atoms with Gasteiger partial charge in [-0.25, -0.2) is 0 Å². The van der Waals surface area contributed by atoms with Crippen molar-refractivity contribution in [3.63, 3.8) is 0 Å². The van der Waals surface area contributed by atoms with E-state index >= 15 is 0 Å². The molecule has 0 radical (unpaired) electrons. The molecule has 0 spiro atoms. The lowest BCUT2D eigenvalue weighted by atomic mass is 10.2. The van der Waals surface area contributed by atoms with Gasteiger partial charge in [0, 0.05) is 5.56 Å². The average Bonchev–Trinajstić information content (AvgIpc) is 2.79. The van der Waals surface area contributed by atoms with Crippen molar-refractivity contribution in [1.29, 1.82) is 0 Å². The van der Waals surface area contributed by atoms with E-state index in [-0.39, 0.29) is 6.04 Å². The van der Waals surface area contributed by atoms with Gasteiger partial charge in [0.25, 0.3) is 0 Å². The Bertz CT molecular complexity index is 498. The van der Waals surface area contributed by atoms with Crippen LogP contribution in [-0.2, 0) is 0 Å². The third kappa shape index (κ3) is 2.65. The molecule has 1 aromatic carbocycles. The molecule has 0 aliphatic rings. The predicted molar refractivity (Wildman–Crippen MR) is 66.6 cm³/mol. The number of hydrogen-bond donors (Lipinski definition) is 1. The molecule has 0 saturated carbocycles. The van der Waals surface area contributed by atoms with Gasteiger partial charge in [-0.15, -0.1) is 0 Å². The lowest BCUT2D eigenvalue weighted by Gasteiger charge is -2.02. The van der Waals surface area contributed by atoms with Crippen LogP contribution in [-0.4, -0.2) is 10.1 Å². The molecule has 1 atom stereocenters. The Morgan fingerprint density at radius 2 is 2.18 bits per heavy atom. The van der Waals surface area contributed by atoms with Crippen molar-refractivity contribution in [3.05, 3.63) is 35.2 Å². The second-order valence-corrected chi connectivity index (χ2v) is 4.24. The first-order valence-corrected chi connectivity index (χ1v) is 5.94. The summed E-state index contributed by atoms with van der Waals surface area (Å²) in [4.78, 5) is 4.27. The van der Waals surface area contributed by atoms with Gasteiger partial charge in [-0.1, -0.05) is 42.2 Å². The Labute approximate surface area is 105 Å². The number of nitrogens with two attached hydrogens (primary N) is 1. The number of aromatic nitrogens is 2. The van der Waals surface area contributed by atoms with Gasteiger partial charge in [0.2, 0.25) is 11.7 Å². The average molecular weight is 252 g/mol. The van der Waals surface area contributed by atoms with Gasteiger partial charge in [-0.3, -0.25) is 0 Å². The maximum Gasteiger partial charge on any atom is 0.243 e. The molecule has 17 heavy (non-hydrogen) atoms. The predicted octanol–water partition coefficient (Wildman–Crippen LogP) is 3.19. The third-order valence-electron chi connectivity index (χ3n) is 2.47. The quantitative estimate of drug-likeness (QED) is 0.906. The Morgan fingerprint density at radius 1 is 1.41 bits per heavy atom. The fourth-order valence-corrected chi connectivity index (χ4v) is 1.79. The smallest absolute Gasteiger partial charge is 0.243 e. The van der Waals surface area contributed by atoms with Crippen LogP contribution in [0.5, 0.6) is 0 Å². The molecule has 0 aliphatic carbocycles. The molecule has 2 aromatic rings. The van der Waals surface area contributed by atoms with E-state index in [0.29, 0.717) is 16.7 Å². The van der Waals surface area contributed by atoms with Gasteiger partial charge in [0.05, 0.1) is 11.1 Å². The van der Waals surface area contributed by atoms with Crippen molar-refractivity contribution in [2.75, 3.05) is 0 Å². The summed E-state index contributed by atoms with van der Waals surface area (Å²) in [7, 11) is 0. The second kappa shape index (κ2) is 5.29. The lowest BCUT2D eigenvalue weighted by molar-refractivity contribution is 0.348. The lowest BCUT2D eigenvalue weighted by Crippen LogP contribution is -2.09. The van der Waals surface area contributed by atoms with Crippen LogP contribution in [0.25, 0.3) is 11.4 Å². The molecule has 2 N–H and O–H groups in total. The number of benzene rings is 1. The van der Waals surface area contributed by atoms with Crippen LogP contribution in [0.4, 0.5) is 0 Å². The van der Waals surface area contributed by atoms with Crippen molar-refractivity contribution in [1.82, 2.24) is 10.1 Å². The van der Waals surface area contributed by atoms with Crippen LogP contribution in [0.2, 0.25) is 5.02 Å². The van der Waals surface area contributed by atoms with E-state index in [9.17, 15) is 0 Å². The molecule has 1 aromatic heterocycles. The molecular formula is C12H14ClN3O. The highest BCUT2D eigenvalue weighted by Gasteiger charge is 2.15. The summed E-state index contributed by atoms with van der Waals surface area (Å²) in [5.41, 5.74) is 6.66. The number of halogens is 1. The number of hydrogen-bond acceptors (Lipinski definition) is 4. The molecule has 0 bridgehead atoms. The van der Waals surface area contributed by atoms with E-state index in [4.69, 9.17) is 21.9 Å². The minimum absolute atomic E-state index is 0.205. The monoisotopic (exact) mass is 251 g/mol. The van der Waals surface area contributed by atoms with Crippen LogP contribution in [0.3, 0.4) is 0 Å². The fourth-order valence-electron chi connectivity index (χ4n) is 1.57. The van der Waals surface area contributed by atoms with Crippen molar-refractivity contribution in [2.45, 2.75) is 25.8 Å². The summed E-state index contributed by atoms with van der Waals surface area (Å²) in [6.07, 6.45) is 1.80. The summed E-state index contributed by atoms with van der Waals surface area (Å²) < 4.78 is 5.14. The van der Waals surface area contributed by atoms with Gasteiger partial charge in [0.15, 0.2) is 0 Å². The minimum atomic E-state index is -0.205. The van der Waals surface area contributed by atoms with Gasteiger partial charge >= 0.3 is 0 Å². The second-order valence-electron chi connectivity index (χ2n) is 3.83. The van der Waals surface area contributed by atoms with Gasteiger partial charge in [-0.05, 0) is 18.6 Å². The van der Waals surface area contributed by atoms with Gasteiger partial charge in [-0.2, -0.15) is 4.98 Å². The fraction of sp³-hybridized carbons (Fsp3) is 0.333. The first-order valence-electron chi connectivity index (χ1n) is 5.56. The zero-order chi connectivity index (χ0) is 12.3. The number of rotatable bonds is 4. The Hall–Kier alpha value is -1.39. The maximum absolute atomic E-state index is 6.06. The van der Waals surface area contributed by atoms with Crippen molar-refractivity contribution >= 4 is 11.6 Å². The summed E-state index contributed by atoms with van der Waals surface area (Å²) in [6, 6.07) is 7.17. The standard InChI is InChI=1S/C12H14ClN3O/c1-2-5-10(14)12-15-11(16-17-12)8-6-3-4-7-9(8)13/h3-4,6-7,10H,2,5,14H2,1H3/t10-/m0/s1. The molecule has 90 valence electrons. The Balaban J connectivity index is 2.27. The molecule has 2 rings (SSSR count). The minimum Gasteiger partial charge on any atom is -0.337 e. The molecule has 1 heterocycles. The van der Waals surface area contributed by atoms with E-state index in [2.05, 4.69) is 17.1 Å². The van der Waals surface area contributed by atoms with E-state index in [1.165, 1.54) is 0 Å². The van der Waals surface area contributed by atoms with Crippen LogP contribution < -0.4 is 5.73 Å². The van der Waals surface area contributed by atoms with Crippen molar-refractivity contribution in [3.8, 4) is 11.4 Å². The molecule has 4 nitrogen and oxygen atoms in total. The molecule has 0 saturated heterocycles. The highest BCUT2D eigenvalue weighted by atomic mass is 35.5. The highest BCUT2D eigenvalue weighted by Crippen LogP contribution is 2.26. The molecule has 0 fully saturated rings. The first kappa shape index (κ1) is 12.1. The molecular weight excluding hydrogens is 238 g/mol. The zero-order valence-electron chi connectivity index (χ0n) is 9.56. The van der Waals surface area contributed by atoms with Crippen molar-refractivity contribution in [2.24, 2.45) is 5.73 Å². The Kier molecular flexibility index (Phi) is 3.76. The summed E-state index contributed by atoms with van der Waals surface area (Å²) in [5.74, 6) is 0.943. The molecule has 0 amide bonds. The van der Waals surface area contributed by atoms with Crippen LogP contribution in [0, 0.1) is 0 Å². The SMILES string of the molecule is CCC[C@H](N)c1nc(-c2ccccc2Cl)no1. The van der Waals surface area contributed by atoms with Crippen LogP contribution in [0.1, 0.15) is 31.7 Å². The first-order chi connectivity index (χ1) is 8.22. The topological polar surface area (TPSA) is 64.9 Å². The van der Waals surface area contributed by atoms with E-state index in [1.54, 1.807) is 6.07 Å². The number of nitrogens with zero attached hydrogens (tertiary/aromatic N) is 2. The highest BCUT2D eigenvalue weighted by molar-refractivity contribution is 6.33. The third-order valence-corrected chi connectivity index (χ3v) is 2.80. The summed E-state index contributed by atoms with van der Waals surface area (Å²) >= 11 is 6.06. The maximum atomic E-state index is 6.06. The summed E-state index contributed by atoms with van der Waals surface area (Å²) in [5, 5.41) is 4.50. The molecule has 5 heteroatoms. The van der Waals surface area contributed by atoms with Crippen LogP contribution >= 0.6 is 11.6 Å². The zero-order valence-corrected chi connectivity index (χ0v) is 10.3. The summed E-state index contributed by atoms with van der Waals surface area (Å²) in [6.45, 7) is 2.06. The van der Waals surface area contributed by atoms with Crippen LogP contribution in [0.15, 0.2) is 28.8 Å². The van der Waals surface area contributed by atoms with Gasteiger partial charge in [0.1, 0.15) is 0 Å². The normalized spacial score (nSPS) is 12.6. The van der Waals surface area contributed by atoms with E-state index in [0.717, 1.165) is 18.4 Å². The molecule has 0 unspecified atom stereocenters. The largest absolute Gasteiger partial charge is 0.337 e. The van der Waals surface area contributed by atoms with Crippen molar-refractivity contribution < 1.29 is 4.52 Å². The molecule has 0 aliphatic heterocycles. The van der Waals surface area contributed by atoms with Gasteiger partial charge < -0.3 is 10.3 Å². The van der Waals surface area contributed by atoms with E-state index in [1.807, 2.05) is 18.2 Å². The van der Waals surface area contributed by atoms with E-state index < -0.39 is 0 Å². The Morgan fingerprint density at radius 3 is 2.88 bits per heavy atom.